The van der Waals surface area contributed by atoms with Crippen molar-refractivity contribution in [3.63, 3.8) is 0 Å². The van der Waals surface area contributed by atoms with Gasteiger partial charge >= 0.3 is 0 Å². The Balaban J connectivity index is 1.81. The van der Waals surface area contributed by atoms with Gasteiger partial charge in [0.05, 0.1) is 4.92 Å². The van der Waals surface area contributed by atoms with E-state index in [-0.39, 0.29) is 29.8 Å². The van der Waals surface area contributed by atoms with Crippen molar-refractivity contribution in [3.8, 4) is 5.75 Å². The first-order valence-corrected chi connectivity index (χ1v) is 7.74. The fraction of sp³-hybridized carbons (Fsp3) is 0.278. The molecule has 0 saturated carbocycles. The maximum Gasteiger partial charge on any atom is 0.269 e. The van der Waals surface area contributed by atoms with Crippen LogP contribution in [-0.2, 0) is 17.6 Å². The molecule has 1 atom stereocenters. The second-order valence-corrected chi connectivity index (χ2v) is 5.77. The summed E-state index contributed by atoms with van der Waals surface area (Å²) in [7, 11) is 0. The molecule has 6 heteroatoms. The van der Waals surface area contributed by atoms with Crippen LogP contribution < -0.4 is 5.32 Å². The molecule has 0 aliphatic heterocycles. The normalized spacial score (nSPS) is 11.7. The Labute approximate surface area is 140 Å². The van der Waals surface area contributed by atoms with Crippen LogP contribution in [0.1, 0.15) is 24.5 Å². The number of hydrogen-bond acceptors (Lipinski definition) is 4. The summed E-state index contributed by atoms with van der Waals surface area (Å²) >= 11 is 0. The van der Waals surface area contributed by atoms with Crippen LogP contribution in [0.2, 0.25) is 0 Å². The molecular formula is C18H20N2O4. The summed E-state index contributed by atoms with van der Waals surface area (Å²) in [5.41, 5.74) is 1.83. The molecule has 0 bridgehead atoms. The van der Waals surface area contributed by atoms with Crippen LogP contribution in [0.25, 0.3) is 0 Å². The minimum Gasteiger partial charge on any atom is -0.508 e. The maximum atomic E-state index is 12.0. The molecule has 126 valence electrons. The highest BCUT2D eigenvalue weighted by molar-refractivity contribution is 5.76. The summed E-state index contributed by atoms with van der Waals surface area (Å²) in [5, 5.41) is 22.9. The second kappa shape index (κ2) is 8.10. The number of non-ortho nitro benzene ring substituents is 1. The summed E-state index contributed by atoms with van der Waals surface area (Å²) in [6.45, 7) is 1.91. The van der Waals surface area contributed by atoms with Crippen LogP contribution in [0.3, 0.4) is 0 Å². The van der Waals surface area contributed by atoms with Crippen molar-refractivity contribution in [3.05, 3.63) is 69.8 Å². The summed E-state index contributed by atoms with van der Waals surface area (Å²) in [6, 6.07) is 13.2. The number of phenols is 1. The molecule has 2 aromatic carbocycles. The lowest BCUT2D eigenvalue weighted by molar-refractivity contribution is -0.384. The fourth-order valence-corrected chi connectivity index (χ4v) is 2.47. The average molecular weight is 328 g/mol. The van der Waals surface area contributed by atoms with Gasteiger partial charge in [-0.1, -0.05) is 24.3 Å². The van der Waals surface area contributed by atoms with E-state index in [9.17, 15) is 20.0 Å². The number of hydrogen-bond donors (Lipinski definition) is 2. The van der Waals surface area contributed by atoms with E-state index in [1.165, 1.54) is 12.1 Å². The van der Waals surface area contributed by atoms with E-state index < -0.39 is 4.92 Å². The average Bonchev–Trinajstić information content (AvgIpc) is 2.55. The SMILES string of the molecule is CC(Cc1ccc(O)cc1)NC(=O)CCc1cccc([N+](=O)[O-])c1. The highest BCUT2D eigenvalue weighted by atomic mass is 16.6. The number of rotatable bonds is 7. The Morgan fingerprint density at radius 3 is 2.58 bits per heavy atom. The molecule has 0 aromatic heterocycles. The van der Waals surface area contributed by atoms with Crippen LogP contribution in [0.5, 0.6) is 5.75 Å². The first-order valence-electron chi connectivity index (χ1n) is 7.74. The van der Waals surface area contributed by atoms with Gasteiger partial charge in [0.2, 0.25) is 5.91 Å². The van der Waals surface area contributed by atoms with Crippen molar-refractivity contribution in [2.24, 2.45) is 0 Å². The topological polar surface area (TPSA) is 92.5 Å². The number of nitro benzene ring substituents is 1. The number of nitro groups is 1. The number of aromatic hydroxyl groups is 1. The van der Waals surface area contributed by atoms with E-state index in [4.69, 9.17) is 0 Å². The molecule has 6 nitrogen and oxygen atoms in total. The van der Waals surface area contributed by atoms with Crippen molar-refractivity contribution in [1.29, 1.82) is 0 Å². The molecule has 2 N–H and O–H groups in total. The van der Waals surface area contributed by atoms with Gasteiger partial charge in [0.15, 0.2) is 0 Å². The van der Waals surface area contributed by atoms with Gasteiger partial charge in [0.25, 0.3) is 5.69 Å². The van der Waals surface area contributed by atoms with Crippen molar-refractivity contribution in [2.45, 2.75) is 32.2 Å². The lowest BCUT2D eigenvalue weighted by Gasteiger charge is -2.14. The van der Waals surface area contributed by atoms with Crippen LogP contribution in [0.15, 0.2) is 48.5 Å². The van der Waals surface area contributed by atoms with Crippen LogP contribution in [-0.4, -0.2) is 22.0 Å². The molecule has 0 heterocycles. The molecule has 2 rings (SSSR count). The third kappa shape index (κ3) is 5.39. The monoisotopic (exact) mass is 328 g/mol. The summed E-state index contributed by atoms with van der Waals surface area (Å²) in [5.74, 6) is 0.125. The van der Waals surface area contributed by atoms with E-state index in [1.807, 2.05) is 19.1 Å². The molecule has 0 saturated heterocycles. The highest BCUT2D eigenvalue weighted by Gasteiger charge is 2.10. The molecule has 24 heavy (non-hydrogen) atoms. The zero-order chi connectivity index (χ0) is 17.5. The Kier molecular flexibility index (Phi) is 5.89. The number of phenolic OH excluding ortho intramolecular Hbond substituents is 1. The quantitative estimate of drug-likeness (QED) is 0.603. The standard InChI is InChI=1S/C18H20N2O4/c1-13(11-15-5-8-17(21)9-6-15)19-18(22)10-7-14-3-2-4-16(12-14)20(23)24/h2-6,8-9,12-13,21H,7,10-11H2,1H3,(H,19,22). The number of nitrogens with zero attached hydrogens (tertiary/aromatic N) is 1. The smallest absolute Gasteiger partial charge is 0.269 e. The largest absolute Gasteiger partial charge is 0.508 e. The molecule has 0 aliphatic rings. The maximum absolute atomic E-state index is 12.0. The first-order chi connectivity index (χ1) is 11.4. The van der Waals surface area contributed by atoms with Gasteiger partial charge in [-0.15, -0.1) is 0 Å². The molecular weight excluding hydrogens is 308 g/mol. The summed E-state index contributed by atoms with van der Waals surface area (Å²) in [6.07, 6.45) is 1.41. The van der Waals surface area contributed by atoms with E-state index >= 15 is 0 Å². The molecule has 1 amide bonds. The molecule has 2 aromatic rings. The number of carbonyl (C=O) groups is 1. The van der Waals surface area contributed by atoms with E-state index in [2.05, 4.69) is 5.32 Å². The number of carbonyl (C=O) groups excluding carboxylic acids is 1. The minimum atomic E-state index is -0.441. The molecule has 0 spiro atoms. The van der Waals surface area contributed by atoms with E-state index in [1.54, 1.807) is 24.3 Å². The number of amides is 1. The summed E-state index contributed by atoms with van der Waals surface area (Å²) in [4.78, 5) is 22.3. The van der Waals surface area contributed by atoms with Crippen molar-refractivity contribution in [1.82, 2.24) is 5.32 Å². The van der Waals surface area contributed by atoms with Crippen LogP contribution in [0, 0.1) is 10.1 Å². The zero-order valence-corrected chi connectivity index (χ0v) is 13.4. The molecule has 0 aliphatic carbocycles. The zero-order valence-electron chi connectivity index (χ0n) is 13.4. The fourth-order valence-electron chi connectivity index (χ4n) is 2.47. The first kappa shape index (κ1) is 17.5. The number of aryl methyl sites for hydroxylation is 1. The van der Waals surface area contributed by atoms with Crippen molar-refractivity contribution < 1.29 is 14.8 Å². The second-order valence-electron chi connectivity index (χ2n) is 5.77. The van der Waals surface area contributed by atoms with Crippen LogP contribution >= 0.6 is 0 Å². The lowest BCUT2D eigenvalue weighted by Crippen LogP contribution is -2.34. The third-order valence-corrected chi connectivity index (χ3v) is 3.65. The number of nitrogens with one attached hydrogen (secondary N) is 1. The highest BCUT2D eigenvalue weighted by Crippen LogP contribution is 2.14. The lowest BCUT2D eigenvalue weighted by atomic mass is 10.1. The van der Waals surface area contributed by atoms with E-state index in [0.717, 1.165) is 11.1 Å². The Morgan fingerprint density at radius 1 is 1.21 bits per heavy atom. The Morgan fingerprint density at radius 2 is 1.92 bits per heavy atom. The Hall–Kier alpha value is -2.89. The minimum absolute atomic E-state index is 0.0350. The van der Waals surface area contributed by atoms with Gasteiger partial charge in [-0.2, -0.15) is 0 Å². The van der Waals surface area contributed by atoms with Crippen molar-refractivity contribution in [2.75, 3.05) is 0 Å². The van der Waals surface area contributed by atoms with Gasteiger partial charge < -0.3 is 10.4 Å². The van der Waals surface area contributed by atoms with E-state index in [0.29, 0.717) is 12.8 Å². The predicted molar refractivity (Wildman–Crippen MR) is 90.8 cm³/mol. The van der Waals surface area contributed by atoms with Crippen LogP contribution in [0.4, 0.5) is 5.69 Å². The molecule has 1 unspecified atom stereocenters. The van der Waals surface area contributed by atoms with Gasteiger partial charge in [0, 0.05) is 24.6 Å². The predicted octanol–water partition coefficient (Wildman–Crippen LogP) is 2.98. The van der Waals surface area contributed by atoms with Gasteiger partial charge in [-0.05, 0) is 43.0 Å². The number of benzene rings is 2. The molecule has 0 radical (unpaired) electrons. The summed E-state index contributed by atoms with van der Waals surface area (Å²) < 4.78 is 0. The third-order valence-electron chi connectivity index (χ3n) is 3.65. The van der Waals surface area contributed by atoms with Crippen molar-refractivity contribution >= 4 is 11.6 Å². The van der Waals surface area contributed by atoms with Gasteiger partial charge in [-0.3, -0.25) is 14.9 Å². The van der Waals surface area contributed by atoms with Gasteiger partial charge in [0.1, 0.15) is 5.75 Å². The Bertz CT molecular complexity index is 713. The molecule has 0 fully saturated rings. The van der Waals surface area contributed by atoms with Gasteiger partial charge in [-0.25, -0.2) is 0 Å².